The van der Waals surface area contributed by atoms with Gasteiger partial charge in [-0.1, -0.05) is 24.3 Å². The van der Waals surface area contributed by atoms with Gasteiger partial charge in [0.1, 0.15) is 0 Å². The Balaban J connectivity index is 1.51. The molecule has 1 unspecified atom stereocenters. The molecule has 2 aromatic carbocycles. The number of sulfone groups is 1. The second-order valence-electron chi connectivity index (χ2n) is 7.44. The molecule has 1 aliphatic carbocycles. The van der Waals surface area contributed by atoms with Gasteiger partial charge in [-0.25, -0.2) is 12.8 Å². The first-order valence-corrected chi connectivity index (χ1v) is 11.7. The van der Waals surface area contributed by atoms with E-state index in [4.69, 9.17) is 4.74 Å². The van der Waals surface area contributed by atoms with Crippen LogP contribution in [0.3, 0.4) is 0 Å². The number of hydrogen-bond acceptors (Lipinski definition) is 4. The monoisotopic (exact) mass is 433 g/mol. The molecule has 162 valence electrons. The smallest absolute Gasteiger partial charge is 0.191 e. The zero-order valence-electron chi connectivity index (χ0n) is 17.3. The highest BCUT2D eigenvalue weighted by Crippen LogP contribution is 2.30. The Labute approximate surface area is 177 Å². The fourth-order valence-corrected chi connectivity index (χ4v) is 4.11. The number of guanidine groups is 1. The standard InChI is InChI=1S/C22H28FN3O3S/c1-16(18-10-11-21(20(23)14-18)29-15-17-8-9-17)26-22(24-2)25-12-13-30(27,28)19-6-4-3-5-7-19/h3-7,10-11,14,16-17H,8-9,12-13,15H2,1-2H3,(H2,24,25,26). The average Bonchev–Trinajstić information content (AvgIpc) is 3.57. The lowest BCUT2D eigenvalue weighted by Crippen LogP contribution is -2.40. The van der Waals surface area contributed by atoms with E-state index in [1.54, 1.807) is 43.4 Å². The molecule has 1 saturated carbocycles. The van der Waals surface area contributed by atoms with E-state index in [2.05, 4.69) is 15.6 Å². The minimum Gasteiger partial charge on any atom is -0.490 e. The molecule has 0 amide bonds. The van der Waals surface area contributed by atoms with Crippen molar-refractivity contribution in [2.45, 2.75) is 30.7 Å². The van der Waals surface area contributed by atoms with Crippen LogP contribution in [0, 0.1) is 11.7 Å². The van der Waals surface area contributed by atoms with Crippen LogP contribution in [0.4, 0.5) is 4.39 Å². The van der Waals surface area contributed by atoms with Gasteiger partial charge in [0, 0.05) is 13.6 Å². The minimum atomic E-state index is -3.37. The summed E-state index contributed by atoms with van der Waals surface area (Å²) in [6.45, 7) is 2.64. The predicted octanol–water partition coefficient (Wildman–Crippen LogP) is 3.31. The van der Waals surface area contributed by atoms with Crippen LogP contribution in [0.25, 0.3) is 0 Å². The highest BCUT2D eigenvalue weighted by atomic mass is 32.2. The van der Waals surface area contributed by atoms with Gasteiger partial charge in [-0.2, -0.15) is 0 Å². The van der Waals surface area contributed by atoms with E-state index in [1.165, 1.54) is 6.07 Å². The topological polar surface area (TPSA) is 79.8 Å². The minimum absolute atomic E-state index is 0.0618. The van der Waals surface area contributed by atoms with E-state index < -0.39 is 15.7 Å². The number of nitrogens with one attached hydrogen (secondary N) is 2. The molecule has 0 heterocycles. The summed E-state index contributed by atoms with van der Waals surface area (Å²) in [7, 11) is -1.77. The van der Waals surface area contributed by atoms with Crippen LogP contribution in [0.1, 0.15) is 31.4 Å². The SMILES string of the molecule is CN=C(NCCS(=O)(=O)c1ccccc1)NC(C)c1ccc(OCC2CC2)c(F)c1. The van der Waals surface area contributed by atoms with E-state index >= 15 is 0 Å². The molecule has 0 spiro atoms. The van der Waals surface area contributed by atoms with Crippen molar-refractivity contribution in [3.63, 3.8) is 0 Å². The van der Waals surface area contributed by atoms with Crippen LogP contribution in [0.15, 0.2) is 58.4 Å². The van der Waals surface area contributed by atoms with Crippen molar-refractivity contribution in [1.82, 2.24) is 10.6 Å². The van der Waals surface area contributed by atoms with Gasteiger partial charge in [0.15, 0.2) is 27.4 Å². The first-order valence-electron chi connectivity index (χ1n) is 10.1. The second kappa shape index (κ2) is 9.93. The molecule has 0 saturated heterocycles. The van der Waals surface area contributed by atoms with Crippen molar-refractivity contribution < 1.29 is 17.5 Å². The third-order valence-electron chi connectivity index (χ3n) is 4.97. The number of hydrogen-bond donors (Lipinski definition) is 2. The fourth-order valence-electron chi connectivity index (χ4n) is 2.93. The summed E-state index contributed by atoms with van der Waals surface area (Å²) in [5, 5.41) is 6.16. The molecule has 8 heteroatoms. The van der Waals surface area contributed by atoms with Gasteiger partial charge in [0.05, 0.1) is 23.3 Å². The van der Waals surface area contributed by atoms with Gasteiger partial charge in [-0.05, 0) is 55.5 Å². The van der Waals surface area contributed by atoms with E-state index in [9.17, 15) is 12.8 Å². The van der Waals surface area contributed by atoms with Crippen molar-refractivity contribution in [1.29, 1.82) is 0 Å². The first-order chi connectivity index (χ1) is 14.4. The Morgan fingerprint density at radius 3 is 2.60 bits per heavy atom. The van der Waals surface area contributed by atoms with Crippen molar-refractivity contribution in [2.24, 2.45) is 10.9 Å². The molecule has 0 bridgehead atoms. The molecule has 0 aliphatic heterocycles. The number of halogens is 1. The largest absolute Gasteiger partial charge is 0.490 e. The van der Waals surface area contributed by atoms with Crippen molar-refractivity contribution >= 4 is 15.8 Å². The van der Waals surface area contributed by atoms with Gasteiger partial charge < -0.3 is 15.4 Å². The molecule has 0 aromatic heterocycles. The lowest BCUT2D eigenvalue weighted by Gasteiger charge is -2.19. The maximum absolute atomic E-state index is 14.3. The Hall–Kier alpha value is -2.61. The molecular formula is C22H28FN3O3S. The molecule has 1 fully saturated rings. The van der Waals surface area contributed by atoms with Crippen LogP contribution in [0.5, 0.6) is 5.75 Å². The third-order valence-corrected chi connectivity index (χ3v) is 6.70. The summed E-state index contributed by atoms with van der Waals surface area (Å²) in [5.41, 5.74) is 0.742. The maximum atomic E-state index is 14.3. The zero-order chi connectivity index (χ0) is 21.6. The Morgan fingerprint density at radius 2 is 1.97 bits per heavy atom. The lowest BCUT2D eigenvalue weighted by atomic mass is 10.1. The average molecular weight is 434 g/mol. The quantitative estimate of drug-likeness (QED) is 0.469. The van der Waals surface area contributed by atoms with Crippen molar-refractivity contribution in [3.05, 3.63) is 59.9 Å². The van der Waals surface area contributed by atoms with Gasteiger partial charge in [0.25, 0.3) is 0 Å². The summed E-state index contributed by atoms with van der Waals surface area (Å²) < 4.78 is 44.6. The first kappa shape index (κ1) is 22.1. The molecule has 30 heavy (non-hydrogen) atoms. The van der Waals surface area contributed by atoms with Gasteiger partial charge in [-0.15, -0.1) is 0 Å². The summed E-state index contributed by atoms with van der Waals surface area (Å²) >= 11 is 0. The Kier molecular flexibility index (Phi) is 7.31. The molecule has 1 aliphatic rings. The number of nitrogens with zero attached hydrogens (tertiary/aromatic N) is 1. The van der Waals surface area contributed by atoms with E-state index in [1.807, 2.05) is 13.0 Å². The van der Waals surface area contributed by atoms with Crippen LogP contribution in [-0.4, -0.2) is 40.3 Å². The molecule has 2 aromatic rings. The molecule has 3 rings (SSSR count). The van der Waals surface area contributed by atoms with Crippen LogP contribution >= 0.6 is 0 Å². The summed E-state index contributed by atoms with van der Waals surface area (Å²) in [6, 6.07) is 13.0. The van der Waals surface area contributed by atoms with Crippen LogP contribution in [0.2, 0.25) is 0 Å². The molecular weight excluding hydrogens is 405 g/mol. The highest BCUT2D eigenvalue weighted by Gasteiger charge is 2.22. The number of rotatable bonds is 9. The predicted molar refractivity (Wildman–Crippen MR) is 116 cm³/mol. The van der Waals surface area contributed by atoms with E-state index in [0.717, 1.165) is 18.4 Å². The lowest BCUT2D eigenvalue weighted by molar-refractivity contribution is 0.285. The van der Waals surface area contributed by atoms with Crippen molar-refractivity contribution in [3.8, 4) is 5.75 Å². The highest BCUT2D eigenvalue weighted by molar-refractivity contribution is 7.91. The summed E-state index contributed by atoms with van der Waals surface area (Å²) in [4.78, 5) is 4.42. The van der Waals surface area contributed by atoms with Gasteiger partial charge >= 0.3 is 0 Å². The Bertz CT molecular complexity index is 976. The summed E-state index contributed by atoms with van der Waals surface area (Å²) in [5.74, 6) is 0.823. The fraction of sp³-hybridized carbons (Fsp3) is 0.409. The van der Waals surface area contributed by atoms with Crippen molar-refractivity contribution in [2.75, 3.05) is 26.0 Å². The van der Waals surface area contributed by atoms with Gasteiger partial charge in [-0.3, -0.25) is 4.99 Å². The van der Waals surface area contributed by atoms with Gasteiger partial charge in [0.2, 0.25) is 0 Å². The summed E-state index contributed by atoms with van der Waals surface area (Å²) in [6.07, 6.45) is 2.30. The number of aliphatic imine (C=N–C) groups is 1. The normalized spacial score (nSPS) is 15.5. The Morgan fingerprint density at radius 1 is 1.23 bits per heavy atom. The van der Waals surface area contributed by atoms with E-state index in [-0.39, 0.29) is 24.1 Å². The molecule has 2 N–H and O–H groups in total. The third kappa shape index (κ3) is 6.19. The number of ether oxygens (including phenoxy) is 1. The molecule has 0 radical (unpaired) electrons. The second-order valence-corrected chi connectivity index (χ2v) is 9.55. The molecule has 6 nitrogen and oxygen atoms in total. The van der Waals surface area contributed by atoms with E-state index in [0.29, 0.717) is 23.4 Å². The molecule has 1 atom stereocenters. The zero-order valence-corrected chi connectivity index (χ0v) is 18.1. The van der Waals surface area contributed by atoms with Crippen LogP contribution in [-0.2, 0) is 9.84 Å². The van der Waals surface area contributed by atoms with Crippen LogP contribution < -0.4 is 15.4 Å². The maximum Gasteiger partial charge on any atom is 0.191 e. The number of benzene rings is 2.